The number of allylic oxidation sites excluding steroid dienone is 2. The Balaban J connectivity index is 0. The van der Waals surface area contributed by atoms with Crippen LogP contribution < -0.4 is 0 Å². The van der Waals surface area contributed by atoms with E-state index in [9.17, 15) is 9.59 Å². The van der Waals surface area contributed by atoms with Gasteiger partial charge in [0.25, 0.3) is 0 Å². The van der Waals surface area contributed by atoms with Crippen molar-refractivity contribution in [3.8, 4) is 0 Å². The molecule has 0 aliphatic carbocycles. The van der Waals surface area contributed by atoms with Gasteiger partial charge in [-0.25, -0.2) is 4.79 Å². The van der Waals surface area contributed by atoms with E-state index in [1.54, 1.807) is 12.0 Å². The van der Waals surface area contributed by atoms with Crippen LogP contribution in [0.15, 0.2) is 18.7 Å². The Morgan fingerprint density at radius 2 is 1.17 bits per heavy atom. The lowest BCUT2D eigenvalue weighted by atomic mass is 10.1. The minimum atomic E-state index is 0.743. The van der Waals surface area contributed by atoms with Gasteiger partial charge in [0.1, 0.15) is 12.2 Å². The number of carbonyl (C=O) groups is 1. The first-order valence-electron chi connectivity index (χ1n) is 10.1. The highest BCUT2D eigenvalue weighted by molar-refractivity contribution is 5.48. The Morgan fingerprint density at radius 1 is 0.708 bits per heavy atom. The smallest absolute Gasteiger partial charge is 0.120 e. The molecule has 0 N–H and O–H groups in total. The fraction of sp³-hybridized carbons (Fsp3) is 0.773. The molecule has 0 unspecified atom stereocenters. The number of aldehydes is 1. The van der Waals surface area contributed by atoms with Crippen molar-refractivity contribution in [2.75, 3.05) is 0 Å². The number of carbonyl (C=O) groups excluding carboxylic acids is 2. The lowest BCUT2D eigenvalue weighted by Crippen LogP contribution is -1.80. The zero-order valence-electron chi connectivity index (χ0n) is 16.1. The molecule has 0 saturated heterocycles. The van der Waals surface area contributed by atoms with Crippen molar-refractivity contribution in [2.24, 2.45) is 0 Å². The first kappa shape index (κ1) is 25.1. The third-order valence-corrected chi connectivity index (χ3v) is 4.02. The molecule has 0 aromatic heterocycles. The minimum Gasteiger partial charge on any atom is -0.303 e. The maximum atomic E-state index is 9.97. The molecule has 0 rings (SSSR count). The largest absolute Gasteiger partial charge is 0.303 e. The van der Waals surface area contributed by atoms with Gasteiger partial charge in [0, 0.05) is 6.42 Å². The lowest BCUT2D eigenvalue weighted by molar-refractivity contribution is -0.107. The topological polar surface area (TPSA) is 34.1 Å². The van der Waals surface area contributed by atoms with Crippen molar-refractivity contribution in [1.82, 2.24) is 0 Å². The minimum absolute atomic E-state index is 0.743. The second-order valence-corrected chi connectivity index (χ2v) is 6.39. The summed E-state index contributed by atoms with van der Waals surface area (Å²) >= 11 is 0. The van der Waals surface area contributed by atoms with Crippen molar-refractivity contribution in [3.05, 3.63) is 18.7 Å². The summed E-state index contributed by atoms with van der Waals surface area (Å²) in [5.74, 6) is 1.80. The number of unbranched alkanes of at least 4 members (excludes halogenated alkanes) is 14. The van der Waals surface area contributed by atoms with Crippen LogP contribution in [0.25, 0.3) is 0 Å². The van der Waals surface area contributed by atoms with Gasteiger partial charge in [-0.1, -0.05) is 77.2 Å². The molecule has 0 amide bonds. The summed E-state index contributed by atoms with van der Waals surface area (Å²) in [5.41, 5.74) is 0. The van der Waals surface area contributed by atoms with Gasteiger partial charge >= 0.3 is 0 Å². The van der Waals surface area contributed by atoms with E-state index in [1.165, 1.54) is 70.6 Å². The molecule has 140 valence electrons. The van der Waals surface area contributed by atoms with Crippen LogP contribution in [0.4, 0.5) is 0 Å². The molecule has 0 fully saturated rings. The summed E-state index contributed by atoms with van der Waals surface area (Å²) in [4.78, 5) is 19.8. The molecule has 0 bridgehead atoms. The van der Waals surface area contributed by atoms with Crippen LogP contribution in [-0.4, -0.2) is 12.2 Å². The highest BCUT2D eigenvalue weighted by atomic mass is 16.1. The second kappa shape index (κ2) is 26.7. The third-order valence-electron chi connectivity index (χ3n) is 4.02. The third kappa shape index (κ3) is 28.9. The van der Waals surface area contributed by atoms with Gasteiger partial charge in [-0.3, -0.25) is 0 Å². The van der Waals surface area contributed by atoms with E-state index in [-0.39, 0.29) is 0 Å². The highest BCUT2D eigenvalue weighted by Gasteiger charge is 1.90. The summed E-state index contributed by atoms with van der Waals surface area (Å²) in [6.07, 6.45) is 24.0. The average molecular weight is 337 g/mol. The van der Waals surface area contributed by atoms with Crippen LogP contribution in [0.1, 0.15) is 110 Å². The molecule has 0 aromatic carbocycles. The van der Waals surface area contributed by atoms with E-state index < -0.39 is 0 Å². The fourth-order valence-electron chi connectivity index (χ4n) is 2.49. The molecule has 2 heteroatoms. The Kier molecular flexibility index (Phi) is 28.0. The SMILES string of the molecule is C=CCCCCCCCCC=O.CCCCCCCCCC=C=O. The van der Waals surface area contributed by atoms with E-state index in [2.05, 4.69) is 13.5 Å². The van der Waals surface area contributed by atoms with Crippen molar-refractivity contribution in [3.63, 3.8) is 0 Å². The average Bonchev–Trinajstić information content (AvgIpc) is 2.60. The Hall–Kier alpha value is -1.14. The predicted octanol–water partition coefficient (Wildman–Crippen LogP) is 7.01. The Labute approximate surface area is 150 Å². The molecule has 24 heavy (non-hydrogen) atoms. The monoisotopic (exact) mass is 336 g/mol. The van der Waals surface area contributed by atoms with Gasteiger partial charge < -0.3 is 4.79 Å². The van der Waals surface area contributed by atoms with Crippen LogP contribution >= 0.6 is 0 Å². The molecule has 0 atom stereocenters. The number of rotatable bonds is 17. The predicted molar refractivity (Wildman–Crippen MR) is 106 cm³/mol. The molecule has 0 aromatic rings. The molecule has 0 radical (unpaired) electrons. The lowest BCUT2D eigenvalue weighted by Gasteiger charge is -1.97. The molecule has 0 heterocycles. The number of hydrogen-bond acceptors (Lipinski definition) is 2. The van der Waals surface area contributed by atoms with Gasteiger partial charge in [-0.05, 0) is 38.2 Å². The maximum absolute atomic E-state index is 9.97. The van der Waals surface area contributed by atoms with Gasteiger partial charge in [0.05, 0.1) is 0 Å². The summed E-state index contributed by atoms with van der Waals surface area (Å²) in [6, 6.07) is 0. The summed E-state index contributed by atoms with van der Waals surface area (Å²) in [5, 5.41) is 0. The zero-order valence-corrected chi connectivity index (χ0v) is 16.1. The molecule has 0 spiro atoms. The quantitative estimate of drug-likeness (QED) is 0.124. The summed E-state index contributed by atoms with van der Waals surface area (Å²) < 4.78 is 0. The first-order valence-corrected chi connectivity index (χ1v) is 10.1. The van der Waals surface area contributed by atoms with Crippen LogP contribution in [0.5, 0.6) is 0 Å². The van der Waals surface area contributed by atoms with Gasteiger partial charge in [-0.15, -0.1) is 6.58 Å². The Bertz CT molecular complexity index is 276. The first-order chi connectivity index (χ1) is 11.8. The van der Waals surface area contributed by atoms with Gasteiger partial charge in [0.15, 0.2) is 0 Å². The van der Waals surface area contributed by atoms with Crippen LogP contribution in [0.3, 0.4) is 0 Å². The highest BCUT2D eigenvalue weighted by Crippen LogP contribution is 2.08. The molecule has 0 aliphatic rings. The van der Waals surface area contributed by atoms with Crippen LogP contribution in [-0.2, 0) is 9.59 Å². The zero-order chi connectivity index (χ0) is 18.1. The molecule has 0 saturated carbocycles. The van der Waals surface area contributed by atoms with Gasteiger partial charge in [-0.2, -0.15) is 0 Å². The van der Waals surface area contributed by atoms with E-state index in [0.717, 1.165) is 38.4 Å². The van der Waals surface area contributed by atoms with Crippen molar-refractivity contribution in [2.45, 2.75) is 110 Å². The molecule has 0 aliphatic heterocycles. The second-order valence-electron chi connectivity index (χ2n) is 6.39. The van der Waals surface area contributed by atoms with Crippen LogP contribution in [0.2, 0.25) is 0 Å². The summed E-state index contributed by atoms with van der Waals surface area (Å²) in [7, 11) is 0. The van der Waals surface area contributed by atoms with E-state index in [1.807, 2.05) is 6.08 Å². The number of hydrogen-bond donors (Lipinski definition) is 0. The van der Waals surface area contributed by atoms with Crippen molar-refractivity contribution in [1.29, 1.82) is 0 Å². The molecular formula is C22H40O2. The fourth-order valence-corrected chi connectivity index (χ4v) is 2.49. The standard InChI is InChI=1S/2C11H20O/c2*1-2-3-4-5-6-7-8-9-10-11-12/h10H,2-9H2,1H3;2,11H,1,3-10H2. The van der Waals surface area contributed by atoms with E-state index in [4.69, 9.17) is 0 Å². The normalized spacial score (nSPS) is 9.54. The molecular weight excluding hydrogens is 296 g/mol. The van der Waals surface area contributed by atoms with E-state index >= 15 is 0 Å². The maximum Gasteiger partial charge on any atom is 0.120 e. The van der Waals surface area contributed by atoms with Crippen molar-refractivity contribution < 1.29 is 9.59 Å². The van der Waals surface area contributed by atoms with Gasteiger partial charge in [0.2, 0.25) is 0 Å². The van der Waals surface area contributed by atoms with E-state index in [0.29, 0.717) is 0 Å². The summed E-state index contributed by atoms with van der Waals surface area (Å²) in [6.45, 7) is 5.91. The van der Waals surface area contributed by atoms with Crippen molar-refractivity contribution >= 4 is 12.2 Å². The van der Waals surface area contributed by atoms with Crippen LogP contribution in [0, 0.1) is 0 Å². The molecule has 2 nitrogen and oxygen atoms in total. The Morgan fingerprint density at radius 3 is 1.62 bits per heavy atom.